The molecular formula is C17H17NO6. The summed E-state index contributed by atoms with van der Waals surface area (Å²) in [4.78, 5) is 25.8. The average Bonchev–Trinajstić information content (AvgIpc) is 2.59. The van der Waals surface area contributed by atoms with E-state index >= 15 is 0 Å². The highest BCUT2D eigenvalue weighted by Crippen LogP contribution is 2.12. The van der Waals surface area contributed by atoms with E-state index in [-0.39, 0.29) is 17.0 Å². The molecule has 0 saturated carbocycles. The van der Waals surface area contributed by atoms with Gasteiger partial charge in [-0.25, -0.2) is 0 Å². The van der Waals surface area contributed by atoms with E-state index in [0.29, 0.717) is 37.3 Å². The Morgan fingerprint density at radius 1 is 1.25 bits per heavy atom. The molecule has 1 fully saturated rings. The second-order valence-electron chi connectivity index (χ2n) is 5.34. The van der Waals surface area contributed by atoms with Crippen LogP contribution in [-0.4, -0.2) is 49.2 Å². The van der Waals surface area contributed by atoms with Crippen molar-refractivity contribution in [1.29, 1.82) is 0 Å². The van der Waals surface area contributed by atoms with Gasteiger partial charge in [0.05, 0.1) is 20.3 Å². The zero-order chi connectivity index (χ0) is 17.1. The smallest absolute Gasteiger partial charge is 0.263 e. The number of ether oxygens (including phenoxy) is 2. The van der Waals surface area contributed by atoms with Crippen LogP contribution in [0, 0.1) is 0 Å². The summed E-state index contributed by atoms with van der Waals surface area (Å²) in [6.45, 7) is 2.61. The first kappa shape index (κ1) is 16.1. The molecule has 0 bridgehead atoms. The lowest BCUT2D eigenvalue weighted by molar-refractivity contribution is -0.114. The van der Waals surface area contributed by atoms with Crippen molar-refractivity contribution in [3.63, 3.8) is 0 Å². The monoisotopic (exact) mass is 331 g/mol. The van der Waals surface area contributed by atoms with Gasteiger partial charge < -0.3 is 23.9 Å². The van der Waals surface area contributed by atoms with Gasteiger partial charge in [0, 0.05) is 30.9 Å². The SMILES string of the molecule is COC1=C/C(=c2\o/c(=C/N3CCOCC3)cc(O)c2=O)C=CC1=O. The first-order chi connectivity index (χ1) is 11.6. The molecule has 2 aliphatic rings. The molecule has 1 aromatic heterocycles. The first-order valence-electron chi connectivity index (χ1n) is 7.47. The average molecular weight is 331 g/mol. The summed E-state index contributed by atoms with van der Waals surface area (Å²) in [5, 5.41) is 9.92. The normalized spacial score (nSPS) is 21.0. The number of hydrogen-bond acceptors (Lipinski definition) is 7. The Labute approximate surface area is 137 Å². The molecule has 1 aliphatic heterocycles. The number of ketones is 1. The minimum atomic E-state index is -0.644. The molecular weight excluding hydrogens is 314 g/mol. The largest absolute Gasteiger partial charge is 0.504 e. The fourth-order valence-electron chi connectivity index (χ4n) is 2.46. The highest BCUT2D eigenvalue weighted by molar-refractivity contribution is 6.07. The van der Waals surface area contributed by atoms with Crippen LogP contribution >= 0.6 is 0 Å². The van der Waals surface area contributed by atoms with Gasteiger partial charge in [0.15, 0.2) is 16.9 Å². The Morgan fingerprint density at radius 2 is 2.00 bits per heavy atom. The van der Waals surface area contributed by atoms with E-state index in [4.69, 9.17) is 13.9 Å². The van der Waals surface area contributed by atoms with Gasteiger partial charge in [0.25, 0.3) is 5.43 Å². The Balaban J connectivity index is 2.15. The van der Waals surface area contributed by atoms with E-state index in [0.717, 1.165) is 0 Å². The molecule has 1 N–H and O–H groups in total. The molecule has 1 aliphatic carbocycles. The molecule has 0 atom stereocenters. The van der Waals surface area contributed by atoms with Gasteiger partial charge in [-0.15, -0.1) is 0 Å². The van der Waals surface area contributed by atoms with Crippen LogP contribution in [-0.2, 0) is 14.3 Å². The minimum absolute atomic E-state index is 0.0483. The zero-order valence-electron chi connectivity index (χ0n) is 13.2. The quantitative estimate of drug-likeness (QED) is 0.761. The van der Waals surface area contributed by atoms with E-state index in [2.05, 4.69) is 0 Å². The Morgan fingerprint density at radius 3 is 2.71 bits per heavy atom. The Bertz CT molecular complexity index is 887. The standard InChI is InChI=1S/C17H17NO6/c1-22-15-8-11(2-3-13(15)19)17-16(21)14(20)9-12(24-17)10-18-4-6-23-7-5-18/h2-3,8-10,20H,4-7H2,1H3/b12-10+,17-11-. The predicted molar refractivity (Wildman–Crippen MR) is 85.4 cm³/mol. The van der Waals surface area contributed by atoms with Gasteiger partial charge in [-0.1, -0.05) is 0 Å². The van der Waals surface area contributed by atoms with Crippen molar-refractivity contribution in [3.05, 3.63) is 51.1 Å². The Kier molecular flexibility index (Phi) is 4.52. The molecule has 1 saturated heterocycles. The van der Waals surface area contributed by atoms with Crippen molar-refractivity contribution >= 4 is 17.6 Å². The lowest BCUT2D eigenvalue weighted by atomic mass is 10.1. The van der Waals surface area contributed by atoms with E-state index in [1.54, 1.807) is 6.20 Å². The summed E-state index contributed by atoms with van der Waals surface area (Å²) >= 11 is 0. The third kappa shape index (κ3) is 3.26. The van der Waals surface area contributed by atoms with Crippen LogP contribution in [0.15, 0.2) is 39.3 Å². The maximum absolute atomic E-state index is 12.2. The van der Waals surface area contributed by atoms with Gasteiger partial charge in [0.1, 0.15) is 5.42 Å². The Hall–Kier alpha value is -2.80. The summed E-state index contributed by atoms with van der Waals surface area (Å²) < 4.78 is 15.9. The van der Waals surface area contributed by atoms with E-state index < -0.39 is 11.2 Å². The van der Waals surface area contributed by atoms with Gasteiger partial charge >= 0.3 is 0 Å². The number of methoxy groups -OCH3 is 1. The molecule has 1 aromatic rings. The number of nitrogens with zero attached hydrogens (tertiary/aromatic N) is 1. The van der Waals surface area contributed by atoms with Crippen molar-refractivity contribution in [1.82, 2.24) is 4.90 Å². The number of carbonyl (C=O) groups excluding carboxylic acids is 1. The third-order valence-electron chi connectivity index (χ3n) is 3.72. The fourth-order valence-corrected chi connectivity index (χ4v) is 2.46. The number of allylic oxidation sites excluding steroid dienone is 3. The first-order valence-corrected chi connectivity index (χ1v) is 7.47. The predicted octanol–water partition coefficient (Wildman–Crippen LogP) is -0.764. The number of aromatic hydroxyl groups is 1. The lowest BCUT2D eigenvalue weighted by Gasteiger charge is -2.24. The van der Waals surface area contributed by atoms with E-state index in [1.165, 1.54) is 31.4 Å². The number of morpholine rings is 1. The maximum atomic E-state index is 12.2. The van der Waals surface area contributed by atoms with Gasteiger partial charge in [-0.3, -0.25) is 9.59 Å². The highest BCUT2D eigenvalue weighted by atomic mass is 16.5. The molecule has 0 unspecified atom stereocenters. The van der Waals surface area contributed by atoms with Gasteiger partial charge in [-0.05, 0) is 18.2 Å². The van der Waals surface area contributed by atoms with E-state index in [1.807, 2.05) is 4.90 Å². The van der Waals surface area contributed by atoms with Crippen LogP contribution in [0.5, 0.6) is 5.75 Å². The van der Waals surface area contributed by atoms with Crippen LogP contribution in [0.25, 0.3) is 11.8 Å². The van der Waals surface area contributed by atoms with Crippen LogP contribution in [0.1, 0.15) is 0 Å². The number of rotatable bonds is 2. The van der Waals surface area contributed by atoms with Crippen LogP contribution in [0.3, 0.4) is 0 Å². The summed E-state index contributed by atoms with van der Waals surface area (Å²) in [7, 11) is 1.37. The van der Waals surface area contributed by atoms with Crippen molar-refractivity contribution < 1.29 is 23.8 Å². The molecule has 0 amide bonds. The number of hydrogen-bond donors (Lipinski definition) is 1. The van der Waals surface area contributed by atoms with Crippen molar-refractivity contribution in [2.75, 3.05) is 33.4 Å². The molecule has 0 radical (unpaired) electrons. The summed E-state index contributed by atoms with van der Waals surface area (Å²) in [5.41, 5.74) is 0.0146. The topological polar surface area (TPSA) is 89.2 Å². The second-order valence-corrected chi connectivity index (χ2v) is 5.34. The van der Waals surface area contributed by atoms with Crippen molar-refractivity contribution in [2.24, 2.45) is 0 Å². The molecule has 0 spiro atoms. The lowest BCUT2D eigenvalue weighted by Crippen LogP contribution is -2.35. The molecule has 2 heterocycles. The van der Waals surface area contributed by atoms with Crippen molar-refractivity contribution in [3.8, 4) is 5.75 Å². The number of carbonyl (C=O) groups is 1. The molecule has 126 valence electrons. The second kappa shape index (κ2) is 6.76. The fraction of sp³-hybridized carbons (Fsp3) is 0.294. The van der Waals surface area contributed by atoms with Crippen LogP contribution in [0.2, 0.25) is 0 Å². The third-order valence-corrected chi connectivity index (χ3v) is 3.72. The van der Waals surface area contributed by atoms with Gasteiger partial charge in [-0.2, -0.15) is 0 Å². The van der Waals surface area contributed by atoms with Crippen molar-refractivity contribution in [2.45, 2.75) is 0 Å². The minimum Gasteiger partial charge on any atom is -0.504 e. The molecule has 3 rings (SSSR count). The van der Waals surface area contributed by atoms with Crippen LogP contribution < -0.4 is 16.3 Å². The molecule has 0 aromatic carbocycles. The van der Waals surface area contributed by atoms with E-state index in [9.17, 15) is 14.7 Å². The molecule has 7 nitrogen and oxygen atoms in total. The van der Waals surface area contributed by atoms with Crippen LogP contribution in [0.4, 0.5) is 0 Å². The van der Waals surface area contributed by atoms with Gasteiger partial charge in [0.2, 0.25) is 5.78 Å². The molecule has 24 heavy (non-hydrogen) atoms. The zero-order valence-corrected chi connectivity index (χ0v) is 13.2. The molecule has 7 heteroatoms. The maximum Gasteiger partial charge on any atom is 0.263 e. The highest BCUT2D eigenvalue weighted by Gasteiger charge is 2.15. The summed E-state index contributed by atoms with van der Waals surface area (Å²) in [6.07, 6.45) is 5.90. The summed E-state index contributed by atoms with van der Waals surface area (Å²) in [6, 6.07) is 1.28. The summed E-state index contributed by atoms with van der Waals surface area (Å²) in [5.74, 6) is -0.612.